The molecule has 0 spiro atoms. The van der Waals surface area contributed by atoms with Crippen molar-refractivity contribution in [1.29, 1.82) is 0 Å². The lowest BCUT2D eigenvalue weighted by atomic mass is 10.0. The van der Waals surface area contributed by atoms with Gasteiger partial charge < -0.3 is 9.80 Å². The SMILES string of the molecule is CN1CCC(N2CCN(C(=O)c3cnc(-c4ccccn4)nc3C(F)(F)F)CC2)CC1. The molecule has 2 fully saturated rings. The molecule has 166 valence electrons. The van der Waals surface area contributed by atoms with E-state index in [1.54, 1.807) is 12.1 Å². The Labute approximate surface area is 178 Å². The number of rotatable bonds is 3. The molecule has 0 aromatic carbocycles. The van der Waals surface area contributed by atoms with Crippen LogP contribution in [0.2, 0.25) is 0 Å². The number of aromatic nitrogens is 3. The first-order valence-electron chi connectivity index (χ1n) is 10.4. The topological polar surface area (TPSA) is 65.5 Å². The van der Waals surface area contributed by atoms with Gasteiger partial charge in [0.05, 0.1) is 5.56 Å². The van der Waals surface area contributed by atoms with E-state index in [1.807, 2.05) is 0 Å². The van der Waals surface area contributed by atoms with Crippen molar-refractivity contribution in [2.75, 3.05) is 46.3 Å². The third-order valence-corrected chi connectivity index (χ3v) is 5.99. The lowest BCUT2D eigenvalue weighted by Crippen LogP contribution is -2.54. The number of pyridine rings is 1. The molecule has 2 saturated heterocycles. The van der Waals surface area contributed by atoms with Gasteiger partial charge >= 0.3 is 6.18 Å². The Bertz CT molecular complexity index is 907. The minimum atomic E-state index is -4.77. The van der Waals surface area contributed by atoms with E-state index in [2.05, 4.69) is 31.8 Å². The van der Waals surface area contributed by atoms with Gasteiger partial charge in [0.15, 0.2) is 11.5 Å². The number of carbonyl (C=O) groups is 1. The first-order chi connectivity index (χ1) is 14.8. The van der Waals surface area contributed by atoms with E-state index < -0.39 is 23.3 Å². The van der Waals surface area contributed by atoms with E-state index in [4.69, 9.17) is 0 Å². The quantitative estimate of drug-likeness (QED) is 0.739. The first kappa shape index (κ1) is 21.6. The van der Waals surface area contributed by atoms with Crippen LogP contribution in [0, 0.1) is 0 Å². The summed E-state index contributed by atoms with van der Waals surface area (Å²) in [7, 11) is 2.10. The van der Waals surface area contributed by atoms with Crippen LogP contribution in [0.15, 0.2) is 30.6 Å². The highest BCUT2D eigenvalue weighted by Gasteiger charge is 2.40. The molecule has 31 heavy (non-hydrogen) atoms. The third-order valence-electron chi connectivity index (χ3n) is 5.99. The predicted octanol–water partition coefficient (Wildman–Crippen LogP) is 2.41. The van der Waals surface area contributed by atoms with Crippen LogP contribution in [0.3, 0.4) is 0 Å². The normalized spacial score (nSPS) is 19.5. The lowest BCUT2D eigenvalue weighted by molar-refractivity contribution is -0.141. The molecule has 7 nitrogen and oxygen atoms in total. The average molecular weight is 434 g/mol. The highest BCUT2D eigenvalue weighted by atomic mass is 19.4. The van der Waals surface area contributed by atoms with Crippen molar-refractivity contribution in [3.8, 4) is 11.5 Å². The minimum Gasteiger partial charge on any atom is -0.336 e. The highest BCUT2D eigenvalue weighted by Crippen LogP contribution is 2.32. The van der Waals surface area contributed by atoms with Crippen LogP contribution in [-0.4, -0.2) is 87.9 Å². The number of amides is 1. The van der Waals surface area contributed by atoms with Crippen LogP contribution in [0.25, 0.3) is 11.5 Å². The van der Waals surface area contributed by atoms with Gasteiger partial charge in [-0.25, -0.2) is 9.97 Å². The maximum atomic E-state index is 13.7. The number of likely N-dealkylation sites (tertiary alicyclic amines) is 1. The van der Waals surface area contributed by atoms with E-state index in [0.717, 1.165) is 32.1 Å². The monoisotopic (exact) mass is 434 g/mol. The molecule has 0 atom stereocenters. The Kier molecular flexibility index (Phi) is 6.19. The summed E-state index contributed by atoms with van der Waals surface area (Å²) in [5.41, 5.74) is -1.51. The fourth-order valence-corrected chi connectivity index (χ4v) is 4.19. The van der Waals surface area contributed by atoms with Crippen molar-refractivity contribution < 1.29 is 18.0 Å². The second-order valence-electron chi connectivity index (χ2n) is 8.03. The van der Waals surface area contributed by atoms with Gasteiger partial charge in [0, 0.05) is 44.6 Å². The van der Waals surface area contributed by atoms with Gasteiger partial charge in [-0.1, -0.05) is 6.07 Å². The molecule has 2 aromatic heterocycles. The summed E-state index contributed by atoms with van der Waals surface area (Å²) in [5.74, 6) is -0.834. The smallest absolute Gasteiger partial charge is 0.336 e. The van der Waals surface area contributed by atoms with E-state index in [0.29, 0.717) is 32.2 Å². The van der Waals surface area contributed by atoms with Crippen LogP contribution in [0.5, 0.6) is 0 Å². The Morgan fingerprint density at radius 1 is 1.03 bits per heavy atom. The summed E-state index contributed by atoms with van der Waals surface area (Å²) in [6, 6.07) is 5.29. The average Bonchev–Trinajstić information content (AvgIpc) is 2.79. The van der Waals surface area contributed by atoms with E-state index in [1.165, 1.54) is 17.2 Å². The zero-order valence-corrected chi connectivity index (χ0v) is 17.3. The van der Waals surface area contributed by atoms with Gasteiger partial charge in [0.25, 0.3) is 5.91 Å². The summed E-state index contributed by atoms with van der Waals surface area (Å²) in [6.07, 6.45) is -0.190. The number of hydrogen-bond acceptors (Lipinski definition) is 6. The van der Waals surface area contributed by atoms with E-state index >= 15 is 0 Å². The molecule has 0 radical (unpaired) electrons. The Morgan fingerprint density at radius 2 is 1.74 bits per heavy atom. The van der Waals surface area contributed by atoms with Crippen LogP contribution in [0.1, 0.15) is 28.9 Å². The fourth-order valence-electron chi connectivity index (χ4n) is 4.19. The van der Waals surface area contributed by atoms with Crippen molar-refractivity contribution in [3.63, 3.8) is 0 Å². The standard InChI is InChI=1S/C21H25F3N6O/c1-28-8-5-15(6-9-28)29-10-12-30(13-11-29)20(31)16-14-26-19(17-4-2-3-7-25-17)27-18(16)21(22,23)24/h2-4,7,14-15H,5-6,8-13H2,1H3. The molecule has 1 amide bonds. The predicted molar refractivity (Wildman–Crippen MR) is 108 cm³/mol. The third kappa shape index (κ3) is 4.85. The van der Waals surface area contributed by atoms with Crippen LogP contribution in [0.4, 0.5) is 13.2 Å². The van der Waals surface area contributed by atoms with Gasteiger partial charge in [-0.05, 0) is 45.1 Å². The Balaban J connectivity index is 1.49. The lowest BCUT2D eigenvalue weighted by Gasteiger charge is -2.42. The maximum Gasteiger partial charge on any atom is 0.434 e. The summed E-state index contributed by atoms with van der Waals surface area (Å²) in [4.78, 5) is 30.7. The number of piperidine rings is 1. The molecule has 0 unspecified atom stereocenters. The molecule has 4 rings (SSSR count). The molecule has 4 heterocycles. The Morgan fingerprint density at radius 3 is 2.35 bits per heavy atom. The molecule has 2 aliphatic rings. The van der Waals surface area contributed by atoms with Crippen molar-refractivity contribution in [3.05, 3.63) is 41.9 Å². The minimum absolute atomic E-state index is 0.156. The van der Waals surface area contributed by atoms with Crippen molar-refractivity contribution >= 4 is 5.91 Å². The number of alkyl halides is 3. The number of nitrogens with zero attached hydrogens (tertiary/aromatic N) is 6. The Hall–Kier alpha value is -2.59. The molecule has 2 aromatic rings. The van der Waals surface area contributed by atoms with Gasteiger partial charge in [-0.3, -0.25) is 14.7 Å². The molecular weight excluding hydrogens is 409 g/mol. The molecule has 2 aliphatic heterocycles. The summed E-state index contributed by atoms with van der Waals surface area (Å²) in [5, 5.41) is 0. The maximum absolute atomic E-state index is 13.7. The molecule has 0 saturated carbocycles. The molecule has 0 aliphatic carbocycles. The van der Waals surface area contributed by atoms with Crippen molar-refractivity contribution in [2.45, 2.75) is 25.1 Å². The number of halogens is 3. The molecule has 10 heteroatoms. The van der Waals surface area contributed by atoms with Crippen LogP contribution < -0.4 is 0 Å². The largest absolute Gasteiger partial charge is 0.434 e. The van der Waals surface area contributed by atoms with Gasteiger partial charge in [0.2, 0.25) is 0 Å². The van der Waals surface area contributed by atoms with Gasteiger partial charge in [-0.2, -0.15) is 13.2 Å². The fraction of sp³-hybridized carbons (Fsp3) is 0.524. The zero-order chi connectivity index (χ0) is 22.0. The molecule has 0 bridgehead atoms. The zero-order valence-electron chi connectivity index (χ0n) is 17.3. The highest BCUT2D eigenvalue weighted by molar-refractivity contribution is 5.95. The van der Waals surface area contributed by atoms with E-state index in [-0.39, 0.29) is 11.5 Å². The van der Waals surface area contributed by atoms with E-state index in [9.17, 15) is 18.0 Å². The second-order valence-corrected chi connectivity index (χ2v) is 8.03. The van der Waals surface area contributed by atoms with Crippen molar-refractivity contribution in [2.24, 2.45) is 0 Å². The molecule has 0 N–H and O–H groups in total. The number of carbonyl (C=O) groups excluding carboxylic acids is 1. The van der Waals surface area contributed by atoms with Crippen LogP contribution >= 0.6 is 0 Å². The van der Waals surface area contributed by atoms with Crippen molar-refractivity contribution in [1.82, 2.24) is 29.7 Å². The number of piperazine rings is 1. The van der Waals surface area contributed by atoms with Crippen LogP contribution in [-0.2, 0) is 6.18 Å². The second kappa shape index (κ2) is 8.88. The summed E-state index contributed by atoms with van der Waals surface area (Å²) >= 11 is 0. The summed E-state index contributed by atoms with van der Waals surface area (Å²) in [6.45, 7) is 4.19. The van der Waals surface area contributed by atoms with Gasteiger partial charge in [-0.15, -0.1) is 0 Å². The number of hydrogen-bond donors (Lipinski definition) is 0. The van der Waals surface area contributed by atoms with Gasteiger partial charge in [0.1, 0.15) is 5.69 Å². The first-order valence-corrected chi connectivity index (χ1v) is 10.4. The molecular formula is C21H25F3N6O. The summed E-state index contributed by atoms with van der Waals surface area (Å²) < 4.78 is 41.1.